The average molecular weight is 650 g/mol. The maximum atomic E-state index is 13.3. The molecule has 1 saturated heterocycles. The number of halogens is 6. The van der Waals surface area contributed by atoms with Gasteiger partial charge in [-0.1, -0.05) is 24.3 Å². The highest BCUT2D eigenvalue weighted by atomic mass is 19.4. The van der Waals surface area contributed by atoms with Gasteiger partial charge in [-0.05, 0) is 67.6 Å². The normalized spacial score (nSPS) is 19.7. The SMILES string of the molecule is O=[N+]([O-])c1ccc(N[C@H]2CC[C@H](Oc3ccc(N4CCN(C/C=C/c5ccc(C(F)(F)F)cc5)CC4)nc3)CC2)cc1C(F)(F)F. The molecule has 0 radical (unpaired) electrons. The number of nitrogens with one attached hydrogen (secondary N) is 1. The summed E-state index contributed by atoms with van der Waals surface area (Å²) in [6.45, 7) is 3.86. The largest absolute Gasteiger partial charge is 0.489 e. The van der Waals surface area contributed by atoms with Gasteiger partial charge in [-0.15, -0.1) is 0 Å². The lowest BCUT2D eigenvalue weighted by atomic mass is 9.92. The van der Waals surface area contributed by atoms with Crippen molar-refractivity contribution in [3.8, 4) is 5.75 Å². The minimum Gasteiger partial charge on any atom is -0.489 e. The Kier molecular flexibility index (Phi) is 10.0. The molecular formula is C32H33F6N5O3. The van der Waals surface area contributed by atoms with E-state index in [1.807, 2.05) is 24.3 Å². The Morgan fingerprint density at radius 1 is 0.913 bits per heavy atom. The number of alkyl halides is 6. The second-order valence-electron chi connectivity index (χ2n) is 11.4. The zero-order chi connectivity index (χ0) is 32.9. The van der Waals surface area contributed by atoms with Crippen LogP contribution >= 0.6 is 0 Å². The van der Waals surface area contributed by atoms with Gasteiger partial charge in [-0.25, -0.2) is 4.98 Å². The van der Waals surface area contributed by atoms with E-state index in [0.717, 1.165) is 56.3 Å². The molecule has 46 heavy (non-hydrogen) atoms. The number of nitro benzene ring substituents is 1. The van der Waals surface area contributed by atoms with E-state index < -0.39 is 34.1 Å². The second kappa shape index (κ2) is 14.0. The standard InChI is InChI=1S/C32H33F6N5O3/c33-31(34,35)23-5-3-22(4-6-23)2-1-15-41-16-18-42(19-17-41)30-14-12-27(21-39-30)46-26-10-7-24(8-11-26)40-25-9-13-29(43(44)45)28(20-25)32(36,37)38/h1-6,9,12-14,20-21,24,26,40H,7-8,10-11,15-19H2/b2-1+/t24-,26-. The van der Waals surface area contributed by atoms with Crippen molar-refractivity contribution >= 4 is 23.3 Å². The third-order valence-corrected chi connectivity index (χ3v) is 8.18. The quantitative estimate of drug-likeness (QED) is 0.145. The summed E-state index contributed by atoms with van der Waals surface area (Å²) in [6, 6.07) is 11.8. The third-order valence-electron chi connectivity index (χ3n) is 8.18. The van der Waals surface area contributed by atoms with Gasteiger partial charge in [0.15, 0.2) is 0 Å². The summed E-state index contributed by atoms with van der Waals surface area (Å²) in [5, 5.41) is 14.1. The number of nitro groups is 1. The van der Waals surface area contributed by atoms with E-state index in [2.05, 4.69) is 20.1 Å². The molecule has 0 unspecified atom stereocenters. The molecule has 1 aromatic heterocycles. The minimum absolute atomic E-state index is 0.0625. The zero-order valence-electron chi connectivity index (χ0n) is 24.7. The fourth-order valence-electron chi connectivity index (χ4n) is 5.68. The molecule has 2 heterocycles. The first-order valence-corrected chi connectivity index (χ1v) is 14.9. The van der Waals surface area contributed by atoms with Gasteiger partial charge in [0.1, 0.15) is 17.1 Å². The first-order valence-electron chi connectivity index (χ1n) is 14.9. The molecule has 0 bridgehead atoms. The van der Waals surface area contributed by atoms with Crippen LogP contribution in [0.25, 0.3) is 6.08 Å². The fraction of sp³-hybridized carbons (Fsp3) is 0.406. The predicted molar refractivity (Wildman–Crippen MR) is 162 cm³/mol. The van der Waals surface area contributed by atoms with Crippen LogP contribution in [0.3, 0.4) is 0 Å². The molecule has 1 aliphatic heterocycles. The van der Waals surface area contributed by atoms with Crippen molar-refractivity contribution in [1.82, 2.24) is 9.88 Å². The Morgan fingerprint density at radius 2 is 1.61 bits per heavy atom. The fourth-order valence-corrected chi connectivity index (χ4v) is 5.68. The third kappa shape index (κ3) is 8.68. The number of anilines is 2. The Labute approximate surface area is 261 Å². The molecule has 1 saturated carbocycles. The van der Waals surface area contributed by atoms with E-state index in [0.29, 0.717) is 43.5 Å². The van der Waals surface area contributed by atoms with E-state index >= 15 is 0 Å². The molecule has 3 aromatic rings. The number of rotatable bonds is 9. The number of hydrogen-bond acceptors (Lipinski definition) is 7. The van der Waals surface area contributed by atoms with Crippen molar-refractivity contribution in [3.05, 3.63) is 93.7 Å². The number of benzene rings is 2. The van der Waals surface area contributed by atoms with Gasteiger partial charge in [0, 0.05) is 50.5 Å². The van der Waals surface area contributed by atoms with Gasteiger partial charge in [-0.2, -0.15) is 26.3 Å². The van der Waals surface area contributed by atoms with Gasteiger partial charge in [0.05, 0.1) is 22.8 Å². The van der Waals surface area contributed by atoms with Crippen molar-refractivity contribution in [1.29, 1.82) is 0 Å². The first-order chi connectivity index (χ1) is 21.8. The van der Waals surface area contributed by atoms with Crippen LogP contribution in [0.5, 0.6) is 5.75 Å². The number of aromatic nitrogens is 1. The Balaban J connectivity index is 1.04. The molecule has 5 rings (SSSR count). The van der Waals surface area contributed by atoms with Crippen LogP contribution in [0, 0.1) is 10.1 Å². The van der Waals surface area contributed by atoms with Crippen molar-refractivity contribution in [3.63, 3.8) is 0 Å². The van der Waals surface area contributed by atoms with Gasteiger partial charge >= 0.3 is 12.4 Å². The monoisotopic (exact) mass is 649 g/mol. The van der Waals surface area contributed by atoms with E-state index in [9.17, 15) is 36.5 Å². The van der Waals surface area contributed by atoms with Crippen LogP contribution in [0.4, 0.5) is 43.5 Å². The number of hydrogen-bond donors (Lipinski definition) is 1. The van der Waals surface area contributed by atoms with Gasteiger partial charge in [0.25, 0.3) is 5.69 Å². The van der Waals surface area contributed by atoms with E-state index in [1.54, 1.807) is 6.20 Å². The minimum atomic E-state index is -4.83. The average Bonchev–Trinajstić information content (AvgIpc) is 3.02. The molecule has 2 aliphatic rings. The lowest BCUT2D eigenvalue weighted by Crippen LogP contribution is -2.46. The van der Waals surface area contributed by atoms with Crippen LogP contribution in [0.15, 0.2) is 66.9 Å². The van der Waals surface area contributed by atoms with Crippen LogP contribution in [0.2, 0.25) is 0 Å². The topological polar surface area (TPSA) is 83.8 Å². The number of ether oxygens (including phenoxy) is 1. The van der Waals surface area contributed by atoms with Crippen molar-refractivity contribution < 1.29 is 36.0 Å². The molecule has 1 aliphatic carbocycles. The summed E-state index contributed by atoms with van der Waals surface area (Å²) < 4.78 is 84.2. The second-order valence-corrected chi connectivity index (χ2v) is 11.4. The summed E-state index contributed by atoms with van der Waals surface area (Å²) in [5.41, 5.74) is -2.00. The van der Waals surface area contributed by atoms with E-state index in [1.165, 1.54) is 18.2 Å². The molecule has 0 amide bonds. The summed E-state index contributed by atoms with van der Waals surface area (Å²) in [6.07, 6.45) is -1.07. The lowest BCUT2D eigenvalue weighted by molar-refractivity contribution is -0.388. The smallest absolute Gasteiger partial charge is 0.423 e. The number of pyridine rings is 1. The van der Waals surface area contributed by atoms with E-state index in [4.69, 9.17) is 4.74 Å². The summed E-state index contributed by atoms with van der Waals surface area (Å²) in [5.74, 6) is 1.47. The molecular weight excluding hydrogens is 616 g/mol. The van der Waals surface area contributed by atoms with Gasteiger partial charge in [-0.3, -0.25) is 15.0 Å². The first kappa shape index (κ1) is 33.0. The Hall–Kier alpha value is -4.33. The molecule has 246 valence electrons. The molecule has 14 heteroatoms. The van der Waals surface area contributed by atoms with E-state index in [-0.39, 0.29) is 17.8 Å². The molecule has 1 N–H and O–H groups in total. The maximum absolute atomic E-state index is 13.3. The highest BCUT2D eigenvalue weighted by Gasteiger charge is 2.38. The predicted octanol–water partition coefficient (Wildman–Crippen LogP) is 7.66. The van der Waals surface area contributed by atoms with Crippen LogP contribution in [-0.2, 0) is 12.4 Å². The molecule has 8 nitrogen and oxygen atoms in total. The molecule has 2 fully saturated rings. The maximum Gasteiger partial charge on any atom is 0.423 e. The summed E-state index contributed by atoms with van der Waals surface area (Å²) in [7, 11) is 0. The molecule has 0 atom stereocenters. The van der Waals surface area contributed by atoms with Crippen molar-refractivity contribution in [2.24, 2.45) is 0 Å². The lowest BCUT2D eigenvalue weighted by Gasteiger charge is -2.35. The van der Waals surface area contributed by atoms with Crippen molar-refractivity contribution in [2.45, 2.75) is 50.2 Å². The highest BCUT2D eigenvalue weighted by Crippen LogP contribution is 2.38. The van der Waals surface area contributed by atoms with Crippen molar-refractivity contribution in [2.75, 3.05) is 42.9 Å². The van der Waals surface area contributed by atoms with Crippen LogP contribution in [-0.4, -0.2) is 59.7 Å². The van der Waals surface area contributed by atoms with Crippen LogP contribution in [0.1, 0.15) is 42.4 Å². The molecule has 0 spiro atoms. The highest BCUT2D eigenvalue weighted by molar-refractivity contribution is 5.55. The molecule has 2 aromatic carbocycles. The number of nitrogens with zero attached hydrogens (tertiary/aromatic N) is 4. The van der Waals surface area contributed by atoms with Crippen LogP contribution < -0.4 is 15.0 Å². The van der Waals surface area contributed by atoms with Gasteiger partial charge < -0.3 is 15.0 Å². The zero-order valence-corrected chi connectivity index (χ0v) is 24.7. The number of piperazine rings is 1. The van der Waals surface area contributed by atoms with Gasteiger partial charge in [0.2, 0.25) is 0 Å². The Morgan fingerprint density at radius 3 is 2.20 bits per heavy atom. The summed E-state index contributed by atoms with van der Waals surface area (Å²) in [4.78, 5) is 19.0. The summed E-state index contributed by atoms with van der Waals surface area (Å²) >= 11 is 0. The Bertz CT molecular complexity index is 1500.